The Bertz CT molecular complexity index is 488. The molecule has 2 rings (SSSR count). The standard InChI is InChI=1S/C12H16N4/c1-9-7-11(3-4-13)8-15-12(9)16-6-5-14-10(16)2/h5-8H,3-4,13H2,1-2H3. The molecule has 84 valence electrons. The maximum atomic E-state index is 5.52. The second-order valence-electron chi connectivity index (χ2n) is 3.87. The zero-order valence-corrected chi connectivity index (χ0v) is 9.64. The Morgan fingerprint density at radius 2 is 2.12 bits per heavy atom. The first-order chi connectivity index (χ1) is 7.72. The van der Waals surface area contributed by atoms with Gasteiger partial charge in [0.2, 0.25) is 0 Å². The minimum atomic E-state index is 0.657. The summed E-state index contributed by atoms with van der Waals surface area (Å²) in [4.78, 5) is 8.66. The summed E-state index contributed by atoms with van der Waals surface area (Å²) >= 11 is 0. The van der Waals surface area contributed by atoms with E-state index in [0.717, 1.165) is 23.6 Å². The summed E-state index contributed by atoms with van der Waals surface area (Å²) in [6, 6.07) is 2.13. The SMILES string of the molecule is Cc1cc(CCN)cnc1-n1ccnc1C. The lowest BCUT2D eigenvalue weighted by molar-refractivity contribution is 0.899. The minimum Gasteiger partial charge on any atom is -0.330 e. The van der Waals surface area contributed by atoms with Gasteiger partial charge in [-0.2, -0.15) is 0 Å². The fourth-order valence-corrected chi connectivity index (χ4v) is 1.78. The van der Waals surface area contributed by atoms with E-state index in [4.69, 9.17) is 5.73 Å². The molecule has 2 aromatic heterocycles. The van der Waals surface area contributed by atoms with Crippen molar-refractivity contribution in [2.75, 3.05) is 6.54 Å². The molecule has 0 aliphatic heterocycles. The molecule has 0 unspecified atom stereocenters. The molecule has 4 nitrogen and oxygen atoms in total. The van der Waals surface area contributed by atoms with E-state index in [9.17, 15) is 0 Å². The molecular weight excluding hydrogens is 200 g/mol. The predicted molar refractivity (Wildman–Crippen MR) is 63.6 cm³/mol. The first kappa shape index (κ1) is 10.8. The van der Waals surface area contributed by atoms with Crippen LogP contribution in [0.3, 0.4) is 0 Å². The van der Waals surface area contributed by atoms with Gasteiger partial charge in [0.25, 0.3) is 0 Å². The van der Waals surface area contributed by atoms with Crippen molar-refractivity contribution in [3.8, 4) is 5.82 Å². The molecule has 0 atom stereocenters. The summed E-state index contributed by atoms with van der Waals surface area (Å²) in [5.41, 5.74) is 7.85. The molecule has 0 fully saturated rings. The number of hydrogen-bond donors (Lipinski definition) is 1. The van der Waals surface area contributed by atoms with Crippen LogP contribution in [0.5, 0.6) is 0 Å². The lowest BCUT2D eigenvalue weighted by Crippen LogP contribution is -2.06. The maximum absolute atomic E-state index is 5.52. The highest BCUT2D eigenvalue weighted by Crippen LogP contribution is 2.14. The Morgan fingerprint density at radius 3 is 2.69 bits per heavy atom. The normalized spacial score (nSPS) is 10.7. The Morgan fingerprint density at radius 1 is 1.31 bits per heavy atom. The van der Waals surface area contributed by atoms with Crippen LogP contribution in [0.15, 0.2) is 24.7 Å². The molecule has 0 saturated heterocycles. The summed E-state index contributed by atoms with van der Waals surface area (Å²) in [5.74, 6) is 1.89. The number of pyridine rings is 1. The third-order valence-corrected chi connectivity index (χ3v) is 2.59. The first-order valence-corrected chi connectivity index (χ1v) is 5.38. The molecule has 0 aromatic carbocycles. The van der Waals surface area contributed by atoms with Gasteiger partial charge >= 0.3 is 0 Å². The van der Waals surface area contributed by atoms with Gasteiger partial charge in [-0.25, -0.2) is 9.97 Å². The van der Waals surface area contributed by atoms with E-state index in [1.165, 1.54) is 5.56 Å². The largest absolute Gasteiger partial charge is 0.330 e. The molecule has 0 amide bonds. The third kappa shape index (κ3) is 1.97. The Labute approximate surface area is 95.1 Å². The molecular formula is C12H16N4. The second-order valence-corrected chi connectivity index (χ2v) is 3.87. The number of nitrogens with zero attached hydrogens (tertiary/aromatic N) is 3. The van der Waals surface area contributed by atoms with Crippen molar-refractivity contribution in [3.63, 3.8) is 0 Å². The number of rotatable bonds is 3. The van der Waals surface area contributed by atoms with E-state index in [0.29, 0.717) is 6.54 Å². The zero-order valence-electron chi connectivity index (χ0n) is 9.64. The van der Waals surface area contributed by atoms with E-state index in [1.54, 1.807) is 6.20 Å². The lowest BCUT2D eigenvalue weighted by atomic mass is 10.1. The minimum absolute atomic E-state index is 0.657. The molecule has 0 bridgehead atoms. The fraction of sp³-hybridized carbons (Fsp3) is 0.333. The first-order valence-electron chi connectivity index (χ1n) is 5.38. The summed E-state index contributed by atoms with van der Waals surface area (Å²) in [6.45, 7) is 4.68. The van der Waals surface area contributed by atoms with Crippen LogP contribution in [0.4, 0.5) is 0 Å². The van der Waals surface area contributed by atoms with Gasteiger partial charge in [-0.15, -0.1) is 0 Å². The molecule has 0 saturated carbocycles. The second kappa shape index (κ2) is 4.45. The molecule has 0 aliphatic carbocycles. The van der Waals surface area contributed by atoms with Crippen molar-refractivity contribution in [1.29, 1.82) is 0 Å². The number of aromatic nitrogens is 3. The van der Waals surface area contributed by atoms with E-state index in [-0.39, 0.29) is 0 Å². The number of aryl methyl sites for hydroxylation is 2. The molecule has 0 aliphatic rings. The van der Waals surface area contributed by atoms with Crippen molar-refractivity contribution in [2.24, 2.45) is 5.73 Å². The van der Waals surface area contributed by atoms with Gasteiger partial charge in [0, 0.05) is 18.6 Å². The van der Waals surface area contributed by atoms with Crippen LogP contribution >= 0.6 is 0 Å². The number of imidazole rings is 1. The molecule has 0 radical (unpaired) electrons. The van der Waals surface area contributed by atoms with Crippen LogP contribution in [0.1, 0.15) is 17.0 Å². The molecule has 0 spiro atoms. The van der Waals surface area contributed by atoms with Crippen LogP contribution in [-0.4, -0.2) is 21.1 Å². The van der Waals surface area contributed by atoms with Gasteiger partial charge in [-0.05, 0) is 37.9 Å². The molecule has 2 heterocycles. The lowest BCUT2D eigenvalue weighted by Gasteiger charge is -2.09. The highest BCUT2D eigenvalue weighted by Gasteiger charge is 2.06. The maximum Gasteiger partial charge on any atom is 0.140 e. The Balaban J connectivity index is 2.40. The number of hydrogen-bond acceptors (Lipinski definition) is 3. The van der Waals surface area contributed by atoms with E-state index in [2.05, 4.69) is 23.0 Å². The van der Waals surface area contributed by atoms with Crippen LogP contribution in [-0.2, 0) is 6.42 Å². The quantitative estimate of drug-likeness (QED) is 0.843. The molecule has 16 heavy (non-hydrogen) atoms. The summed E-state index contributed by atoms with van der Waals surface area (Å²) < 4.78 is 1.99. The molecule has 2 N–H and O–H groups in total. The fourth-order valence-electron chi connectivity index (χ4n) is 1.78. The van der Waals surface area contributed by atoms with Gasteiger partial charge < -0.3 is 5.73 Å². The Hall–Kier alpha value is -1.68. The van der Waals surface area contributed by atoms with E-state index >= 15 is 0 Å². The van der Waals surface area contributed by atoms with Crippen LogP contribution in [0, 0.1) is 13.8 Å². The van der Waals surface area contributed by atoms with E-state index in [1.807, 2.05) is 23.9 Å². The van der Waals surface area contributed by atoms with Gasteiger partial charge in [0.05, 0.1) is 0 Å². The van der Waals surface area contributed by atoms with Crippen LogP contribution < -0.4 is 5.73 Å². The van der Waals surface area contributed by atoms with Crippen LogP contribution in [0.2, 0.25) is 0 Å². The smallest absolute Gasteiger partial charge is 0.140 e. The van der Waals surface area contributed by atoms with Gasteiger partial charge in [-0.3, -0.25) is 4.57 Å². The zero-order chi connectivity index (χ0) is 11.5. The van der Waals surface area contributed by atoms with Crippen molar-refractivity contribution in [2.45, 2.75) is 20.3 Å². The summed E-state index contributed by atoms with van der Waals surface area (Å²) in [6.07, 6.45) is 6.46. The average Bonchev–Trinajstić information content (AvgIpc) is 2.65. The van der Waals surface area contributed by atoms with Crippen molar-refractivity contribution in [1.82, 2.24) is 14.5 Å². The average molecular weight is 216 g/mol. The van der Waals surface area contributed by atoms with Gasteiger partial charge in [0.15, 0.2) is 0 Å². The Kier molecular flexibility index (Phi) is 3.01. The van der Waals surface area contributed by atoms with Crippen molar-refractivity contribution in [3.05, 3.63) is 41.6 Å². The number of nitrogens with two attached hydrogens (primary N) is 1. The van der Waals surface area contributed by atoms with Crippen molar-refractivity contribution >= 4 is 0 Å². The van der Waals surface area contributed by atoms with Gasteiger partial charge in [0.1, 0.15) is 11.6 Å². The molecule has 4 heteroatoms. The monoisotopic (exact) mass is 216 g/mol. The summed E-state index contributed by atoms with van der Waals surface area (Å²) in [5, 5.41) is 0. The van der Waals surface area contributed by atoms with Crippen LogP contribution in [0.25, 0.3) is 5.82 Å². The summed E-state index contributed by atoms with van der Waals surface area (Å²) in [7, 11) is 0. The van der Waals surface area contributed by atoms with E-state index < -0.39 is 0 Å². The van der Waals surface area contributed by atoms with Gasteiger partial charge in [-0.1, -0.05) is 6.07 Å². The third-order valence-electron chi connectivity index (χ3n) is 2.59. The van der Waals surface area contributed by atoms with Crippen molar-refractivity contribution < 1.29 is 0 Å². The highest BCUT2D eigenvalue weighted by atomic mass is 15.1. The predicted octanol–water partition coefficient (Wildman–Crippen LogP) is 1.39. The highest BCUT2D eigenvalue weighted by molar-refractivity contribution is 5.36. The molecule has 2 aromatic rings. The topological polar surface area (TPSA) is 56.7 Å².